The number of carbonyl (C=O) groups is 3. The molecule has 0 aliphatic heterocycles. The van der Waals surface area contributed by atoms with Gasteiger partial charge in [0.15, 0.2) is 40.5 Å². The maximum atomic E-state index is 11.7. The number of unbranched alkanes of at least 4 members (excludes halogenated alkanes) is 3. The smallest absolute Gasteiger partial charge is 0.508 e. The Kier molecular flexibility index (Phi) is 35.1. The van der Waals surface area contributed by atoms with Crippen LogP contribution in [0.2, 0.25) is 0 Å². The van der Waals surface area contributed by atoms with Gasteiger partial charge in [-0.1, -0.05) is 120 Å². The summed E-state index contributed by atoms with van der Waals surface area (Å²) in [4.78, 5) is 99.4. The van der Waals surface area contributed by atoms with Crippen molar-refractivity contribution in [3.63, 3.8) is 0 Å². The van der Waals surface area contributed by atoms with Crippen LogP contribution < -0.4 is 42.2 Å². The van der Waals surface area contributed by atoms with E-state index < -0.39 is 15.6 Å². The highest BCUT2D eigenvalue weighted by Crippen LogP contribution is 2.46. The Hall–Kier alpha value is -12.0. The van der Waals surface area contributed by atoms with Crippen LogP contribution in [0, 0.1) is 0 Å². The number of fused-ring (bicyclic) bond motifs is 9. The van der Waals surface area contributed by atoms with Crippen molar-refractivity contribution >= 4 is 117 Å². The fourth-order valence-corrected chi connectivity index (χ4v) is 15.3. The number of anilines is 3. The molecule has 0 fully saturated rings. The second-order valence-electron chi connectivity index (χ2n) is 30.0. The van der Waals surface area contributed by atoms with E-state index in [1.54, 1.807) is 30.3 Å². The van der Waals surface area contributed by atoms with Crippen LogP contribution in [0.15, 0.2) is 147 Å². The first-order valence-corrected chi connectivity index (χ1v) is 45.0. The number of aromatic hydroxyl groups is 4. The van der Waals surface area contributed by atoms with Gasteiger partial charge in [0, 0.05) is 111 Å². The van der Waals surface area contributed by atoms with Crippen molar-refractivity contribution in [1.82, 2.24) is 59.6 Å². The summed E-state index contributed by atoms with van der Waals surface area (Å²) >= 11 is 0. The summed E-state index contributed by atoms with van der Waals surface area (Å²) in [5.41, 5.74) is 30.3. The molecule has 0 spiro atoms. The molecule has 33 nitrogen and oxygen atoms in total. The zero-order valence-electron chi connectivity index (χ0n) is 70.8. The number of phenolic OH excluding ortho intramolecular Hbond substituents is 4. The third kappa shape index (κ3) is 26.8. The van der Waals surface area contributed by atoms with Crippen molar-refractivity contribution in [2.45, 2.75) is 156 Å². The lowest BCUT2D eigenvalue weighted by molar-refractivity contribution is -0.117. The molecule has 0 bridgehead atoms. The van der Waals surface area contributed by atoms with Crippen LogP contribution in [-0.2, 0) is 95.9 Å². The second-order valence-corrected chi connectivity index (χ2v) is 32.3. The maximum Gasteiger partial charge on any atom is 0.524 e. The van der Waals surface area contributed by atoms with Gasteiger partial charge < -0.3 is 90.5 Å². The molecule has 6 heterocycles. The van der Waals surface area contributed by atoms with Crippen molar-refractivity contribution < 1.29 is 86.8 Å². The number of nitrogen functional groups attached to an aromatic ring is 3. The van der Waals surface area contributed by atoms with Crippen LogP contribution in [0.25, 0.3) is 65.8 Å². The van der Waals surface area contributed by atoms with Crippen LogP contribution in [0.5, 0.6) is 34.5 Å². The largest absolute Gasteiger partial charge is 0.524 e. The number of phosphoric ester groups is 2. The topological polar surface area (TPSA) is 500 Å². The van der Waals surface area contributed by atoms with E-state index >= 15 is 0 Å². The summed E-state index contributed by atoms with van der Waals surface area (Å²) in [6.07, 6.45) is 18.5. The van der Waals surface area contributed by atoms with Gasteiger partial charge in [0.2, 0.25) is 17.7 Å². The van der Waals surface area contributed by atoms with E-state index in [1.165, 1.54) is 42.5 Å². The Morgan fingerprint density at radius 1 is 0.416 bits per heavy atom. The molecule has 6 aromatic carbocycles. The van der Waals surface area contributed by atoms with E-state index in [2.05, 4.69) is 98.7 Å². The summed E-state index contributed by atoms with van der Waals surface area (Å²) in [6.45, 7) is 22.4. The lowest BCUT2D eigenvalue weighted by Gasteiger charge is -2.16. The third-order valence-electron chi connectivity index (χ3n) is 20.6. The Morgan fingerprint density at radius 3 is 1.15 bits per heavy atom. The number of carbonyl (C=O) groups excluding carboxylic acids is 3. The van der Waals surface area contributed by atoms with Gasteiger partial charge in [-0.25, -0.2) is 39.0 Å². The van der Waals surface area contributed by atoms with Crippen LogP contribution in [0.4, 0.5) is 17.5 Å². The van der Waals surface area contributed by atoms with Crippen LogP contribution in [0.1, 0.15) is 149 Å². The van der Waals surface area contributed by atoms with Crippen LogP contribution in [-0.4, -0.2) is 161 Å². The summed E-state index contributed by atoms with van der Waals surface area (Å²) in [5, 5.41) is 52.5. The molecule has 0 radical (unpaired) electrons. The number of nitrogens with zero attached hydrogens (tertiary/aromatic N) is 9. The molecule has 12 aromatic rings. The number of pyridine rings is 3. The summed E-state index contributed by atoms with van der Waals surface area (Å²) in [5.74, 6) is 1.69. The SMILES string of the molecule is C=CC(=O)NCCCOCCCc1ccc2c(c1)nc(N)c1nc(CCCC)n(Cc3cc(O)ccc3O)c12.C=CC(=O)NCCCOCCCc1ccc2c(c1)nc(N)c1nc(CCCC)n(Cc3cccc(O)c3OP(=O)(O)O)c12.C=CC(=O)NCCCOCCCc1ccc2c(c1)nc(N)c1nc(CCCC)n(Cc3cccc(OP(=O)(O)O)c3O)c12. The molecule has 125 heavy (non-hydrogen) atoms. The fraction of sp³-hybridized carbons (Fsp3) is 0.367. The molecular weight excluding hydrogens is 1640 g/mol. The number of aryl methyl sites for hydroxylation is 6. The third-order valence-corrected chi connectivity index (χ3v) is 21.4. The Bertz CT molecular complexity index is 5880. The van der Waals surface area contributed by atoms with E-state index in [0.29, 0.717) is 135 Å². The molecule has 3 amide bonds. The molecule has 17 N–H and O–H groups in total. The van der Waals surface area contributed by atoms with Crippen LogP contribution >= 0.6 is 15.6 Å². The standard InChI is InChI=1S/2C30H38N5O7P.C30H37N5O4/c1-3-5-12-25-34-27-28(35(25)19-21-10-6-11-24(29(21)37)42-43(38,39)40)22-14-13-20(18-23(22)33-30(27)31)9-7-16-41-17-8-15-32-26(36)4-2;1-3-5-12-25-34-27-28(35(25)19-21-10-6-11-24(36)29(21)42-43(38,39)40)22-14-13-20(18-23(22)33-30(27)31)9-7-16-41-17-8-15-32-26(37)4-2;1-3-5-9-26-34-28-29(35(26)19-21-18-22(36)11-13-25(21)37)23-12-10-20(17-24(23)33-30(28)31)8-6-15-39-16-7-14-32-27(38)4-2/h4,6,10-11,13-14,18,37H,2-3,5,7-9,12,15-17,19H2,1H3,(H2,31,33)(H,32,36)(H2,38,39,40);4,6,10-11,13-14,18,36H,2-3,5,7-9,12,15-17,19H2,1H3,(H2,31,33)(H,32,37)(H2,38,39,40);4,10-13,17-18,36-37H,2-3,5-9,14-16,19H2,1H3,(H2,31,33)(H,32,38). The van der Waals surface area contributed by atoms with Gasteiger partial charge in [0.05, 0.1) is 52.7 Å². The van der Waals surface area contributed by atoms with Crippen molar-refractivity contribution in [2.75, 3.05) is 76.5 Å². The van der Waals surface area contributed by atoms with E-state index in [4.69, 9.17) is 50.9 Å². The van der Waals surface area contributed by atoms with Crippen molar-refractivity contribution in [3.05, 3.63) is 198 Å². The number of benzene rings is 6. The summed E-state index contributed by atoms with van der Waals surface area (Å²) < 4.78 is 55.7. The monoisotopic (exact) mass is 1750 g/mol. The van der Waals surface area contributed by atoms with Crippen molar-refractivity contribution in [1.29, 1.82) is 0 Å². The highest BCUT2D eigenvalue weighted by atomic mass is 31.2. The van der Waals surface area contributed by atoms with Gasteiger partial charge >= 0.3 is 15.6 Å². The van der Waals surface area contributed by atoms with Gasteiger partial charge in [0.1, 0.15) is 45.5 Å². The minimum absolute atomic E-state index is 0.0986. The van der Waals surface area contributed by atoms with E-state index in [1.807, 2.05) is 45.5 Å². The quantitative estimate of drug-likeness (QED) is 0.00729. The lowest BCUT2D eigenvalue weighted by Crippen LogP contribution is -2.22. The Balaban J connectivity index is 0.000000196. The number of imidazole rings is 3. The van der Waals surface area contributed by atoms with E-state index in [9.17, 15) is 63.5 Å². The minimum Gasteiger partial charge on any atom is -0.508 e. The number of phosphoric acid groups is 2. The number of ether oxygens (including phenoxy) is 3. The molecule has 6 aromatic heterocycles. The van der Waals surface area contributed by atoms with Crippen molar-refractivity contribution in [2.24, 2.45) is 0 Å². The molecule has 0 saturated heterocycles. The number of nitrogens with two attached hydrogens (primary N) is 3. The predicted molar refractivity (Wildman–Crippen MR) is 484 cm³/mol. The second kappa shape index (κ2) is 46.1. The predicted octanol–water partition coefficient (Wildman–Crippen LogP) is 13.4. The zero-order valence-corrected chi connectivity index (χ0v) is 72.6. The van der Waals surface area contributed by atoms with Gasteiger partial charge in [-0.3, -0.25) is 34.0 Å². The number of amides is 3. The Labute approximate surface area is 724 Å². The number of para-hydroxylation sites is 2. The molecule has 0 saturated carbocycles. The van der Waals surface area contributed by atoms with E-state index in [0.717, 1.165) is 175 Å². The first-order valence-electron chi connectivity index (χ1n) is 41.9. The Morgan fingerprint density at radius 2 is 0.776 bits per heavy atom. The summed E-state index contributed by atoms with van der Waals surface area (Å²) in [7, 11) is -9.79. The zero-order chi connectivity index (χ0) is 89.7. The number of phenols is 4. The molecule has 0 aliphatic rings. The minimum atomic E-state index is -4.93. The van der Waals surface area contributed by atoms with Gasteiger partial charge in [0.25, 0.3) is 0 Å². The molecule has 0 unspecified atom stereocenters. The fourth-order valence-electron chi connectivity index (χ4n) is 14.4. The molecule has 0 aliphatic carbocycles. The average molecular weight is 1750 g/mol. The molecule has 0 atom stereocenters. The van der Waals surface area contributed by atoms with Gasteiger partial charge in [-0.2, -0.15) is 0 Å². The summed E-state index contributed by atoms with van der Waals surface area (Å²) in [6, 6.07) is 31.9. The number of nitrogens with one attached hydrogen (secondary N) is 3. The average Bonchev–Trinajstić information content (AvgIpc) is 1.63. The number of aromatic nitrogens is 9. The van der Waals surface area contributed by atoms with Crippen molar-refractivity contribution in [3.8, 4) is 34.5 Å². The van der Waals surface area contributed by atoms with Crippen LogP contribution in [0.3, 0.4) is 0 Å². The highest BCUT2D eigenvalue weighted by molar-refractivity contribution is 7.47. The number of hydrogen-bond donors (Lipinski definition) is 14. The molecule has 35 heteroatoms. The first-order chi connectivity index (χ1) is 60.1. The highest BCUT2D eigenvalue weighted by Gasteiger charge is 2.27. The van der Waals surface area contributed by atoms with Gasteiger partial charge in [-0.05, 0) is 160 Å². The van der Waals surface area contributed by atoms with E-state index in [-0.39, 0.29) is 71.1 Å². The lowest BCUT2D eigenvalue weighted by atomic mass is 10.1. The number of hydrogen-bond acceptors (Lipinski definition) is 23. The maximum absolute atomic E-state index is 11.7. The normalized spacial score (nSPS) is 11.6. The molecule has 666 valence electrons. The first kappa shape index (κ1) is 95.2. The molecular formula is C90H113N15O18P2. The van der Waals surface area contributed by atoms with Gasteiger partial charge in [-0.15, -0.1) is 0 Å². The number of rotatable bonds is 46. The molecule has 12 rings (SSSR count).